The van der Waals surface area contributed by atoms with Gasteiger partial charge in [0.05, 0.1) is 0 Å². The average molecular weight is 217 g/mol. The molecule has 0 spiro atoms. The van der Waals surface area contributed by atoms with Crippen molar-refractivity contribution in [1.82, 2.24) is 0 Å². The summed E-state index contributed by atoms with van der Waals surface area (Å²) in [6.07, 6.45) is 5.99. The minimum atomic E-state index is 0.312. The van der Waals surface area contributed by atoms with Crippen molar-refractivity contribution < 1.29 is 5.11 Å². The van der Waals surface area contributed by atoms with E-state index in [1.54, 1.807) is 0 Å². The third-order valence-corrected chi connectivity index (χ3v) is 4.66. The van der Waals surface area contributed by atoms with Gasteiger partial charge in [0.15, 0.2) is 0 Å². The highest BCUT2D eigenvalue weighted by Crippen LogP contribution is 2.33. The Labute approximate surface area is 91.6 Å². The Hall–Kier alpha value is 0.270. The molecule has 2 nitrogen and oxygen atoms in total. The standard InChI is InChI=1S/C11H23NOS/c1-2-9-4-5-10(12)11(8-9)14-7-3-6-13/h9-11,13H,2-8,12H2,1H3. The van der Waals surface area contributed by atoms with Gasteiger partial charge in [0.2, 0.25) is 0 Å². The SMILES string of the molecule is CCC1CCC(N)C(SCCCO)C1. The van der Waals surface area contributed by atoms with Crippen molar-refractivity contribution in [3.63, 3.8) is 0 Å². The number of thioether (sulfide) groups is 1. The van der Waals surface area contributed by atoms with Gasteiger partial charge in [0.25, 0.3) is 0 Å². The molecular weight excluding hydrogens is 194 g/mol. The van der Waals surface area contributed by atoms with Gasteiger partial charge < -0.3 is 10.8 Å². The highest BCUT2D eigenvalue weighted by molar-refractivity contribution is 7.99. The molecule has 1 aliphatic carbocycles. The Morgan fingerprint density at radius 1 is 1.43 bits per heavy atom. The van der Waals surface area contributed by atoms with E-state index in [2.05, 4.69) is 6.92 Å². The molecule has 84 valence electrons. The van der Waals surface area contributed by atoms with Gasteiger partial charge in [-0.05, 0) is 37.4 Å². The van der Waals surface area contributed by atoms with Gasteiger partial charge in [0.1, 0.15) is 0 Å². The molecule has 1 aliphatic rings. The first-order valence-electron chi connectivity index (χ1n) is 5.76. The zero-order chi connectivity index (χ0) is 10.4. The molecule has 0 amide bonds. The van der Waals surface area contributed by atoms with Gasteiger partial charge in [-0.2, -0.15) is 11.8 Å². The lowest BCUT2D eigenvalue weighted by atomic mass is 9.84. The summed E-state index contributed by atoms with van der Waals surface area (Å²) in [5.41, 5.74) is 6.09. The number of hydrogen-bond donors (Lipinski definition) is 2. The average Bonchev–Trinajstić information content (AvgIpc) is 2.21. The summed E-state index contributed by atoms with van der Waals surface area (Å²) in [4.78, 5) is 0. The molecule has 0 aromatic heterocycles. The summed E-state index contributed by atoms with van der Waals surface area (Å²) in [6, 6.07) is 0.390. The van der Waals surface area contributed by atoms with Crippen LogP contribution in [0.2, 0.25) is 0 Å². The van der Waals surface area contributed by atoms with Crippen molar-refractivity contribution in [1.29, 1.82) is 0 Å². The third kappa shape index (κ3) is 3.79. The second-order valence-corrected chi connectivity index (χ2v) is 5.58. The summed E-state index contributed by atoms with van der Waals surface area (Å²) in [5, 5.41) is 9.35. The van der Waals surface area contributed by atoms with Crippen molar-refractivity contribution in [2.75, 3.05) is 12.4 Å². The van der Waals surface area contributed by atoms with Crippen LogP contribution in [0.1, 0.15) is 39.0 Å². The van der Waals surface area contributed by atoms with E-state index >= 15 is 0 Å². The minimum absolute atomic E-state index is 0.312. The molecule has 3 atom stereocenters. The molecule has 3 unspecified atom stereocenters. The molecule has 1 saturated carbocycles. The van der Waals surface area contributed by atoms with Crippen molar-refractivity contribution in [3.05, 3.63) is 0 Å². The molecule has 3 N–H and O–H groups in total. The first-order valence-corrected chi connectivity index (χ1v) is 6.80. The fraction of sp³-hybridized carbons (Fsp3) is 1.00. The van der Waals surface area contributed by atoms with Crippen LogP contribution in [-0.4, -0.2) is 28.8 Å². The van der Waals surface area contributed by atoms with Gasteiger partial charge in [-0.3, -0.25) is 0 Å². The maximum Gasteiger partial charge on any atom is 0.0438 e. The van der Waals surface area contributed by atoms with Crippen LogP contribution in [0.15, 0.2) is 0 Å². The van der Waals surface area contributed by atoms with Crippen molar-refractivity contribution in [2.45, 2.75) is 50.3 Å². The second kappa shape index (κ2) is 6.70. The Kier molecular flexibility index (Phi) is 5.90. The van der Waals surface area contributed by atoms with Gasteiger partial charge in [-0.1, -0.05) is 13.3 Å². The second-order valence-electron chi connectivity index (χ2n) is 4.24. The highest BCUT2D eigenvalue weighted by atomic mass is 32.2. The first-order chi connectivity index (χ1) is 6.77. The lowest BCUT2D eigenvalue weighted by Gasteiger charge is -2.33. The molecule has 14 heavy (non-hydrogen) atoms. The summed E-state index contributed by atoms with van der Waals surface area (Å²) >= 11 is 1.96. The predicted octanol–water partition coefficient (Wildman–Crippen LogP) is 2.01. The van der Waals surface area contributed by atoms with E-state index in [0.29, 0.717) is 17.9 Å². The highest BCUT2D eigenvalue weighted by Gasteiger charge is 2.27. The largest absolute Gasteiger partial charge is 0.396 e. The monoisotopic (exact) mass is 217 g/mol. The molecule has 0 bridgehead atoms. The smallest absolute Gasteiger partial charge is 0.0438 e. The fourth-order valence-corrected chi connectivity index (χ4v) is 3.49. The summed E-state index contributed by atoms with van der Waals surface area (Å²) in [6.45, 7) is 2.59. The Balaban J connectivity index is 2.25. The van der Waals surface area contributed by atoms with Crippen LogP contribution in [0.3, 0.4) is 0 Å². The van der Waals surface area contributed by atoms with Crippen LogP contribution in [0.25, 0.3) is 0 Å². The predicted molar refractivity (Wildman–Crippen MR) is 63.6 cm³/mol. The van der Waals surface area contributed by atoms with E-state index in [4.69, 9.17) is 10.8 Å². The van der Waals surface area contributed by atoms with E-state index in [-0.39, 0.29) is 0 Å². The van der Waals surface area contributed by atoms with Gasteiger partial charge >= 0.3 is 0 Å². The lowest BCUT2D eigenvalue weighted by Crippen LogP contribution is -2.38. The topological polar surface area (TPSA) is 46.2 Å². The van der Waals surface area contributed by atoms with E-state index < -0.39 is 0 Å². The van der Waals surface area contributed by atoms with Crippen LogP contribution >= 0.6 is 11.8 Å². The van der Waals surface area contributed by atoms with Crippen molar-refractivity contribution in [2.24, 2.45) is 11.7 Å². The minimum Gasteiger partial charge on any atom is -0.396 e. The fourth-order valence-electron chi connectivity index (χ4n) is 2.10. The zero-order valence-corrected chi connectivity index (χ0v) is 9.93. The molecule has 0 aromatic rings. The van der Waals surface area contributed by atoms with Crippen LogP contribution in [0, 0.1) is 5.92 Å². The Morgan fingerprint density at radius 3 is 2.86 bits per heavy atom. The summed E-state index contributed by atoms with van der Waals surface area (Å²) < 4.78 is 0. The molecule has 0 saturated heterocycles. The number of aliphatic hydroxyl groups is 1. The van der Waals surface area contributed by atoms with Crippen molar-refractivity contribution >= 4 is 11.8 Å². The van der Waals surface area contributed by atoms with Crippen LogP contribution in [0.5, 0.6) is 0 Å². The molecule has 3 heteroatoms. The van der Waals surface area contributed by atoms with E-state index in [1.807, 2.05) is 11.8 Å². The number of nitrogens with two attached hydrogens (primary N) is 1. The molecule has 0 radical (unpaired) electrons. The third-order valence-electron chi connectivity index (χ3n) is 3.16. The molecular formula is C11H23NOS. The van der Waals surface area contributed by atoms with Gasteiger partial charge in [-0.25, -0.2) is 0 Å². The zero-order valence-electron chi connectivity index (χ0n) is 9.11. The molecule has 1 rings (SSSR count). The van der Waals surface area contributed by atoms with E-state index in [1.165, 1.54) is 25.7 Å². The molecule has 0 heterocycles. The lowest BCUT2D eigenvalue weighted by molar-refractivity contribution is 0.295. The maximum atomic E-state index is 8.72. The van der Waals surface area contributed by atoms with Crippen LogP contribution in [-0.2, 0) is 0 Å². The van der Waals surface area contributed by atoms with Gasteiger partial charge in [-0.15, -0.1) is 0 Å². The van der Waals surface area contributed by atoms with Crippen LogP contribution in [0.4, 0.5) is 0 Å². The quantitative estimate of drug-likeness (QED) is 0.693. The number of aliphatic hydroxyl groups excluding tert-OH is 1. The number of rotatable bonds is 5. The van der Waals surface area contributed by atoms with Gasteiger partial charge in [0, 0.05) is 17.9 Å². The Bertz CT molecular complexity index is 154. The normalized spacial score (nSPS) is 33.2. The summed E-state index contributed by atoms with van der Waals surface area (Å²) in [5.74, 6) is 1.95. The maximum absolute atomic E-state index is 8.72. The molecule has 0 aromatic carbocycles. The first kappa shape index (κ1) is 12.3. The number of hydrogen-bond acceptors (Lipinski definition) is 3. The van der Waals surface area contributed by atoms with Crippen molar-refractivity contribution in [3.8, 4) is 0 Å². The van der Waals surface area contributed by atoms with E-state index in [0.717, 1.165) is 18.1 Å². The van der Waals surface area contributed by atoms with Crippen LogP contribution < -0.4 is 5.73 Å². The molecule has 1 fully saturated rings. The van der Waals surface area contributed by atoms with E-state index in [9.17, 15) is 0 Å². The Morgan fingerprint density at radius 2 is 2.21 bits per heavy atom. The summed E-state index contributed by atoms with van der Waals surface area (Å²) in [7, 11) is 0. The molecule has 0 aliphatic heterocycles.